The number of ether oxygens (including phenoxy) is 1. The second-order valence-corrected chi connectivity index (χ2v) is 9.43. The average Bonchev–Trinajstić information content (AvgIpc) is 2.84. The van der Waals surface area contributed by atoms with Crippen LogP contribution in [0.1, 0.15) is 56.1 Å². The van der Waals surface area contributed by atoms with Crippen LogP contribution in [0.2, 0.25) is 5.02 Å². The van der Waals surface area contributed by atoms with Gasteiger partial charge in [0, 0.05) is 30.1 Å². The number of allylic oxidation sites excluding steroid dienone is 1. The number of benzene rings is 2. The van der Waals surface area contributed by atoms with Crippen molar-refractivity contribution in [3.63, 3.8) is 0 Å². The largest absolute Gasteiger partial charge is 0.462 e. The van der Waals surface area contributed by atoms with Crippen molar-refractivity contribution in [1.29, 1.82) is 0 Å². The Labute approximate surface area is 219 Å². The molecule has 0 spiro atoms. The van der Waals surface area contributed by atoms with Gasteiger partial charge in [-0.25, -0.2) is 9.59 Å². The molecular weight excluding hydrogens is 500 g/mol. The molecule has 2 N–H and O–H groups in total. The summed E-state index contributed by atoms with van der Waals surface area (Å²) in [6.45, 7) is 8.19. The Hall–Kier alpha value is -3.92. The third kappa shape index (κ3) is 6.45. The van der Waals surface area contributed by atoms with E-state index >= 15 is 0 Å². The summed E-state index contributed by atoms with van der Waals surface area (Å²) in [5.74, 6) is -0.954. The van der Waals surface area contributed by atoms with Gasteiger partial charge in [0.1, 0.15) is 0 Å². The molecule has 3 amide bonds. The molecule has 0 aliphatic carbocycles. The number of hydrogen-bond donors (Lipinski definition) is 2. The lowest BCUT2D eigenvalue weighted by molar-refractivity contribution is -0.384. The van der Waals surface area contributed by atoms with E-state index in [0.717, 1.165) is 6.07 Å². The van der Waals surface area contributed by atoms with Crippen LogP contribution in [0.25, 0.3) is 0 Å². The van der Waals surface area contributed by atoms with Crippen LogP contribution in [0.4, 0.5) is 16.2 Å². The Morgan fingerprint density at radius 2 is 1.97 bits per heavy atom. The summed E-state index contributed by atoms with van der Waals surface area (Å²) < 4.78 is 5.51. The first-order valence-corrected chi connectivity index (χ1v) is 12.2. The van der Waals surface area contributed by atoms with E-state index in [1.807, 2.05) is 20.8 Å². The van der Waals surface area contributed by atoms with Gasteiger partial charge in [0.25, 0.3) is 11.6 Å². The minimum absolute atomic E-state index is 0.0625. The predicted molar refractivity (Wildman–Crippen MR) is 139 cm³/mol. The number of urea groups is 1. The Balaban J connectivity index is 1.93. The molecule has 3 rings (SSSR count). The molecule has 1 atom stereocenters. The van der Waals surface area contributed by atoms with Crippen LogP contribution in [-0.2, 0) is 9.53 Å². The van der Waals surface area contributed by atoms with Crippen molar-refractivity contribution >= 4 is 40.9 Å². The number of nitro benzene ring substituents is 1. The lowest BCUT2D eigenvalue weighted by Gasteiger charge is -2.35. The monoisotopic (exact) mass is 528 g/mol. The van der Waals surface area contributed by atoms with Crippen LogP contribution in [-0.4, -0.2) is 40.9 Å². The highest BCUT2D eigenvalue weighted by Crippen LogP contribution is 2.33. The summed E-state index contributed by atoms with van der Waals surface area (Å²) >= 11 is 6.09. The molecule has 1 aliphatic heterocycles. The van der Waals surface area contributed by atoms with Crippen molar-refractivity contribution in [2.45, 2.75) is 40.2 Å². The highest BCUT2D eigenvalue weighted by Gasteiger charge is 2.36. The standard InChI is InChI=1S/C26H29ClN4O6/c1-5-11-30-16(4)22(25(33)37-14-15(2)3)23(29-26(30)34)17-7-6-8-18(12-17)28-24(32)20-10-9-19(31(35)36)13-21(20)27/h6-10,12-13,15,23H,5,11,14H2,1-4H3,(H,28,32)(H,29,34)/t23-/m1/s1. The van der Waals surface area contributed by atoms with Crippen molar-refractivity contribution in [3.05, 3.63) is 80.0 Å². The Morgan fingerprint density at radius 1 is 1.24 bits per heavy atom. The molecule has 0 saturated heterocycles. The molecule has 0 radical (unpaired) electrons. The number of non-ortho nitro benzene ring substituents is 1. The molecule has 37 heavy (non-hydrogen) atoms. The van der Waals surface area contributed by atoms with E-state index in [1.165, 1.54) is 17.0 Å². The van der Waals surface area contributed by atoms with Crippen LogP contribution in [0.15, 0.2) is 53.7 Å². The number of halogens is 1. The third-order valence-electron chi connectivity index (χ3n) is 5.70. The van der Waals surface area contributed by atoms with Crippen molar-refractivity contribution in [2.75, 3.05) is 18.5 Å². The molecule has 196 valence electrons. The first-order chi connectivity index (χ1) is 17.5. The van der Waals surface area contributed by atoms with E-state index in [-0.39, 0.29) is 34.8 Å². The maximum Gasteiger partial charge on any atom is 0.338 e. The lowest BCUT2D eigenvalue weighted by Crippen LogP contribution is -2.48. The van der Waals surface area contributed by atoms with Crippen LogP contribution >= 0.6 is 11.6 Å². The molecule has 2 aromatic carbocycles. The summed E-state index contributed by atoms with van der Waals surface area (Å²) in [7, 11) is 0. The Kier molecular flexibility index (Phi) is 8.88. The highest BCUT2D eigenvalue weighted by atomic mass is 35.5. The number of esters is 1. The van der Waals surface area contributed by atoms with Gasteiger partial charge in [0.15, 0.2) is 0 Å². The van der Waals surface area contributed by atoms with Crippen LogP contribution in [0.3, 0.4) is 0 Å². The highest BCUT2D eigenvalue weighted by molar-refractivity contribution is 6.34. The van der Waals surface area contributed by atoms with E-state index in [4.69, 9.17) is 16.3 Å². The van der Waals surface area contributed by atoms with Gasteiger partial charge in [-0.3, -0.25) is 19.8 Å². The van der Waals surface area contributed by atoms with Crippen LogP contribution in [0, 0.1) is 16.0 Å². The van der Waals surface area contributed by atoms with Gasteiger partial charge in [-0.1, -0.05) is 44.5 Å². The fourth-order valence-corrected chi connectivity index (χ4v) is 4.17. The van der Waals surface area contributed by atoms with Crippen LogP contribution in [0.5, 0.6) is 0 Å². The van der Waals surface area contributed by atoms with Gasteiger partial charge < -0.3 is 15.4 Å². The summed E-state index contributed by atoms with van der Waals surface area (Å²) in [4.78, 5) is 50.7. The maximum atomic E-state index is 13.1. The number of nitro groups is 1. The van der Waals surface area contributed by atoms with Crippen molar-refractivity contribution in [1.82, 2.24) is 10.2 Å². The molecule has 10 nitrogen and oxygen atoms in total. The van der Waals surface area contributed by atoms with Gasteiger partial charge >= 0.3 is 12.0 Å². The first kappa shape index (κ1) is 27.7. The molecule has 1 aliphatic rings. The smallest absolute Gasteiger partial charge is 0.338 e. The quantitative estimate of drug-likeness (QED) is 0.253. The first-order valence-electron chi connectivity index (χ1n) is 11.8. The van der Waals surface area contributed by atoms with Gasteiger partial charge in [0.2, 0.25) is 0 Å². The summed E-state index contributed by atoms with van der Waals surface area (Å²) in [5.41, 5.74) is 1.61. The normalized spacial score (nSPS) is 15.5. The number of nitrogens with zero attached hydrogens (tertiary/aromatic N) is 2. The number of amides is 3. The van der Waals surface area contributed by atoms with Crippen LogP contribution < -0.4 is 10.6 Å². The summed E-state index contributed by atoms with van der Waals surface area (Å²) in [6.07, 6.45) is 0.705. The van der Waals surface area contributed by atoms with Gasteiger partial charge in [-0.2, -0.15) is 0 Å². The summed E-state index contributed by atoms with van der Waals surface area (Å²) in [5, 5.41) is 16.5. The number of anilines is 1. The van der Waals surface area contributed by atoms with Gasteiger partial charge in [0.05, 0.1) is 33.7 Å². The average molecular weight is 529 g/mol. The SMILES string of the molecule is CCCN1C(=O)N[C@H](c2cccc(NC(=O)c3ccc([N+](=O)[O-])cc3Cl)c2)C(C(=O)OCC(C)C)=C1C. The number of rotatable bonds is 9. The van der Waals surface area contributed by atoms with Crippen molar-refractivity contribution in [3.8, 4) is 0 Å². The Morgan fingerprint density at radius 3 is 2.59 bits per heavy atom. The van der Waals surface area contributed by atoms with E-state index in [1.54, 1.807) is 31.2 Å². The zero-order valence-electron chi connectivity index (χ0n) is 21.0. The number of hydrogen-bond acceptors (Lipinski definition) is 6. The summed E-state index contributed by atoms with van der Waals surface area (Å²) in [6, 6.07) is 9.14. The van der Waals surface area contributed by atoms with Gasteiger partial charge in [-0.05, 0) is 43.0 Å². The molecule has 0 bridgehead atoms. The van der Waals surface area contributed by atoms with Crippen molar-refractivity contribution in [2.24, 2.45) is 5.92 Å². The van der Waals surface area contributed by atoms with E-state index in [9.17, 15) is 24.5 Å². The van der Waals surface area contributed by atoms with E-state index < -0.39 is 22.8 Å². The second-order valence-electron chi connectivity index (χ2n) is 9.03. The molecule has 1 heterocycles. The van der Waals surface area contributed by atoms with E-state index in [2.05, 4.69) is 10.6 Å². The minimum atomic E-state index is -0.792. The molecule has 0 unspecified atom stereocenters. The molecule has 11 heteroatoms. The second kappa shape index (κ2) is 11.9. The molecule has 0 aromatic heterocycles. The molecular formula is C26H29ClN4O6. The maximum absolute atomic E-state index is 13.1. The minimum Gasteiger partial charge on any atom is -0.462 e. The topological polar surface area (TPSA) is 131 Å². The molecule has 0 saturated carbocycles. The Bertz CT molecular complexity index is 1260. The van der Waals surface area contributed by atoms with Gasteiger partial charge in [-0.15, -0.1) is 0 Å². The molecule has 0 fully saturated rings. The third-order valence-corrected chi connectivity index (χ3v) is 6.01. The zero-order chi connectivity index (χ0) is 27.3. The zero-order valence-corrected chi connectivity index (χ0v) is 21.8. The van der Waals surface area contributed by atoms with Crippen molar-refractivity contribution < 1.29 is 24.0 Å². The lowest BCUT2D eigenvalue weighted by atomic mass is 9.94. The molecule has 2 aromatic rings. The van der Waals surface area contributed by atoms with E-state index in [0.29, 0.717) is 35.5 Å². The number of nitrogens with one attached hydrogen (secondary N) is 2. The number of carbonyl (C=O) groups excluding carboxylic acids is 3. The number of carbonyl (C=O) groups is 3. The fraction of sp³-hybridized carbons (Fsp3) is 0.346. The fourth-order valence-electron chi connectivity index (χ4n) is 3.90. The predicted octanol–water partition coefficient (Wildman–Crippen LogP) is 5.45.